The number of para-hydroxylation sites is 6. The predicted molar refractivity (Wildman–Crippen MR) is 627 cm³/mol. The average molecular weight is 1900 g/mol. The van der Waals surface area contributed by atoms with Gasteiger partial charge in [-0.15, -0.1) is 0 Å². The van der Waals surface area contributed by atoms with E-state index in [1.165, 1.54) is 23.4 Å². The molecule has 13 rings (SSSR count). The number of allylic oxidation sites excluding steroid dienone is 10. The zero-order chi connectivity index (χ0) is 109. The molecule has 8 aromatic carbocycles. The van der Waals surface area contributed by atoms with Gasteiger partial charge in [0.15, 0.2) is 0 Å². The van der Waals surface area contributed by atoms with Gasteiger partial charge in [0.25, 0.3) is 0 Å². The van der Waals surface area contributed by atoms with E-state index in [2.05, 4.69) is 168 Å². The number of esters is 3. The molecule has 0 spiro atoms. The number of carbonyl (C=O) groups excluding carboxylic acids is 3. The molecule has 1 aromatic heterocycles. The average Bonchev–Trinajstić information content (AvgIpc) is 1.60. The lowest BCUT2D eigenvalue weighted by molar-refractivity contribution is -0.135. The van der Waals surface area contributed by atoms with Crippen molar-refractivity contribution in [1.82, 2.24) is 4.57 Å². The van der Waals surface area contributed by atoms with Crippen molar-refractivity contribution < 1.29 is 38.4 Å². The van der Waals surface area contributed by atoms with Crippen molar-refractivity contribution in [2.45, 2.75) is 335 Å². The lowest BCUT2D eigenvalue weighted by atomic mass is 9.91. The first-order chi connectivity index (χ1) is 67.8. The molecule has 12 nitrogen and oxygen atoms in total. The Morgan fingerprint density at radius 2 is 0.739 bits per heavy atom. The van der Waals surface area contributed by atoms with E-state index >= 15 is 0 Å². The fourth-order valence-corrected chi connectivity index (χ4v) is 11.7. The number of benzene rings is 8. The summed E-state index contributed by atoms with van der Waals surface area (Å²) in [5, 5.41) is 10.7. The van der Waals surface area contributed by atoms with Gasteiger partial charge in [0, 0.05) is 98.1 Å². The molecule has 1 aliphatic heterocycles. The van der Waals surface area contributed by atoms with E-state index in [0.717, 1.165) is 80.5 Å². The molecule has 770 valence electrons. The highest BCUT2D eigenvalue weighted by atomic mass is 16.6. The van der Waals surface area contributed by atoms with Gasteiger partial charge < -0.3 is 43.3 Å². The van der Waals surface area contributed by atoms with E-state index in [1.54, 1.807) is 26.0 Å². The molecule has 0 radical (unpaired) electrons. The van der Waals surface area contributed by atoms with Gasteiger partial charge in [-0.2, -0.15) is 0 Å². The van der Waals surface area contributed by atoms with Gasteiger partial charge in [0.2, 0.25) is 6.29 Å². The summed E-state index contributed by atoms with van der Waals surface area (Å²) in [4.78, 5) is 41.4. The Labute approximate surface area is 849 Å². The van der Waals surface area contributed by atoms with Crippen LogP contribution >= 0.6 is 0 Å². The molecule has 4 aliphatic rings. The maximum absolute atomic E-state index is 11.7. The Morgan fingerprint density at radius 1 is 0.377 bits per heavy atom. The first-order valence-corrected chi connectivity index (χ1v) is 52.3. The molecule has 2 heterocycles. The minimum absolute atomic E-state index is 0.290. The Morgan fingerprint density at radius 3 is 1.12 bits per heavy atom. The third-order valence-electron chi connectivity index (χ3n) is 16.3. The van der Waals surface area contributed by atoms with Gasteiger partial charge in [-0.1, -0.05) is 456 Å². The van der Waals surface area contributed by atoms with Crippen LogP contribution in [0.4, 0.5) is 39.8 Å². The number of anilines is 7. The second-order valence-corrected chi connectivity index (χ2v) is 23.1. The van der Waals surface area contributed by atoms with Crippen LogP contribution < -0.4 is 24.2 Å². The Kier molecular flexibility index (Phi) is 115. The molecular formula is C126H198N4O8. The van der Waals surface area contributed by atoms with E-state index in [1.807, 2.05) is 435 Å². The van der Waals surface area contributed by atoms with Crippen molar-refractivity contribution in [2.75, 3.05) is 14.7 Å². The van der Waals surface area contributed by atoms with Crippen LogP contribution in [0.3, 0.4) is 0 Å². The van der Waals surface area contributed by atoms with Gasteiger partial charge in [-0.3, -0.25) is 0 Å². The summed E-state index contributed by atoms with van der Waals surface area (Å²) in [6.45, 7) is 105. The second-order valence-electron chi connectivity index (χ2n) is 23.1. The predicted octanol–water partition coefficient (Wildman–Crippen LogP) is 41.1. The number of carbonyl (C=O) groups is 3. The summed E-state index contributed by atoms with van der Waals surface area (Å²) in [5.41, 5.74) is 15.3. The van der Waals surface area contributed by atoms with Crippen LogP contribution in [0, 0.1) is 0 Å². The van der Waals surface area contributed by atoms with Crippen molar-refractivity contribution >= 4 is 86.5 Å². The molecule has 9 aromatic rings. The SMILES string of the molecule is C=C(C)C(=O)Oc1ccc(N(c2ccccc2)c2ccccc2)cc1.C=CC(=O)OC1=CC=C(N(c2ccccc2)c2ccccc2)CC1.C=CC(O)Oc1ccc(N2c3ccccc3C3C=CC=CC32)cc1.C=Cc1c(C=C)n(C2=CC=C(OC(=O)C(=C)C)CC2)c2ccccc12.CC.CC.CC.CC.CC.CC.CC.CC.CC.CC.CC.CC.CC.CC.CC.CC.CC.CC.CC.CC. The van der Waals surface area contributed by atoms with Crippen molar-refractivity contribution in [1.29, 1.82) is 0 Å². The number of aromatic nitrogens is 1. The minimum atomic E-state index is -0.987. The minimum Gasteiger partial charge on any atom is -0.461 e. The first kappa shape index (κ1) is 149. The van der Waals surface area contributed by atoms with Crippen LogP contribution in [0.2, 0.25) is 0 Å². The number of nitrogens with zero attached hydrogens (tertiary/aromatic N) is 4. The van der Waals surface area contributed by atoms with Gasteiger partial charge in [0.05, 0.1) is 17.3 Å². The molecule has 3 aliphatic carbocycles. The highest BCUT2D eigenvalue weighted by Crippen LogP contribution is 2.48. The Balaban J connectivity index is -0.000000154. The normalized spacial score (nSPS) is 11.4. The van der Waals surface area contributed by atoms with Crippen molar-refractivity contribution in [3.8, 4) is 11.5 Å². The van der Waals surface area contributed by atoms with E-state index in [9.17, 15) is 19.5 Å². The smallest absolute Gasteiger partial charge is 0.338 e. The van der Waals surface area contributed by atoms with Crippen LogP contribution in [-0.4, -0.2) is 39.9 Å². The molecule has 3 unspecified atom stereocenters. The van der Waals surface area contributed by atoms with Crippen LogP contribution in [0.15, 0.2) is 347 Å². The molecule has 0 saturated carbocycles. The summed E-state index contributed by atoms with van der Waals surface area (Å²) in [6.07, 6.45) is 24.6. The zero-order valence-electron chi connectivity index (χ0n) is 95.1. The fraction of sp³-hybridized carbons (Fsp3) is 0.389. The van der Waals surface area contributed by atoms with E-state index < -0.39 is 18.2 Å². The summed E-state index contributed by atoms with van der Waals surface area (Å²) in [5.74, 6) is 1.62. The maximum Gasteiger partial charge on any atom is 0.338 e. The molecule has 1 N–H and O–H groups in total. The number of hydrogen-bond donors (Lipinski definition) is 1. The third-order valence-corrected chi connectivity index (χ3v) is 16.3. The lowest BCUT2D eigenvalue weighted by Crippen LogP contribution is -2.28. The quantitative estimate of drug-likeness (QED) is 0.0274. The molecule has 0 saturated heterocycles. The zero-order valence-corrected chi connectivity index (χ0v) is 95.1. The number of hydrogen-bond acceptors (Lipinski definition) is 11. The molecule has 0 bridgehead atoms. The number of rotatable bonds is 19. The summed E-state index contributed by atoms with van der Waals surface area (Å²) >= 11 is 0. The van der Waals surface area contributed by atoms with Crippen molar-refractivity contribution in [3.63, 3.8) is 0 Å². The van der Waals surface area contributed by atoms with Gasteiger partial charge >= 0.3 is 17.9 Å². The third kappa shape index (κ3) is 54.6. The summed E-state index contributed by atoms with van der Waals surface area (Å²) < 4.78 is 23.4. The molecule has 12 heteroatoms. The summed E-state index contributed by atoms with van der Waals surface area (Å²) in [7, 11) is 0. The topological polar surface area (TPSA) is 123 Å². The van der Waals surface area contributed by atoms with Gasteiger partial charge in [-0.25, -0.2) is 14.4 Å². The molecular weight excluding hydrogens is 1700 g/mol. The molecule has 138 heavy (non-hydrogen) atoms. The standard InChI is InChI=1S/C22H19NO2.C22H21NO2.2C21H19NO2.20C2H6/c1-17(2)22(24)25-21-15-13-20(14-16-21)23(18-9-5-3-6-10-18)19-11-7-4-8-12-19;1-5-18-19-9-7-8-10-21(19)23(20(18)6-2)16-11-13-17(14-12-16)25-22(24)15(3)4;1-2-21(23)24-16-13-11-15(12-14-16)22-19-9-5-3-7-17(19)18-8-4-6-10-20(18)22;1-2-21(23)24-20-15-13-19(14-16-20)22(17-9-5-3-6-10-17)18-11-7-4-8-12-18;20*1-2/h3-16H,1H2,2H3;5-11,13H,1-3,12,14H2,4H3;2-14,17,19,21,23H,1H2;2-13,15H,1,14,16H2;20*1-2H3. The van der Waals surface area contributed by atoms with Gasteiger partial charge in [-0.05, 0) is 178 Å². The second kappa shape index (κ2) is 107. The van der Waals surface area contributed by atoms with Crippen LogP contribution in [0.5, 0.6) is 11.5 Å². The van der Waals surface area contributed by atoms with Crippen molar-refractivity contribution in [2.24, 2.45) is 0 Å². The number of ether oxygens (including phenoxy) is 4. The highest BCUT2D eigenvalue weighted by Gasteiger charge is 2.37. The number of aliphatic hydroxyl groups is 1. The molecule has 0 amide bonds. The van der Waals surface area contributed by atoms with E-state index in [4.69, 9.17) is 18.9 Å². The summed E-state index contributed by atoms with van der Waals surface area (Å²) in [6, 6.07) is 73.0. The largest absolute Gasteiger partial charge is 0.461 e. The monoisotopic (exact) mass is 1900 g/mol. The fourth-order valence-electron chi connectivity index (χ4n) is 11.7. The lowest BCUT2D eigenvalue weighted by Gasteiger charge is -2.29. The van der Waals surface area contributed by atoms with Crippen LogP contribution in [0.1, 0.15) is 339 Å². The van der Waals surface area contributed by atoms with Crippen LogP contribution in [0.25, 0.3) is 28.8 Å². The first-order valence-electron chi connectivity index (χ1n) is 52.3. The Hall–Kier alpha value is -12.3. The molecule has 3 atom stereocenters. The van der Waals surface area contributed by atoms with E-state index in [0.29, 0.717) is 52.9 Å². The van der Waals surface area contributed by atoms with Crippen molar-refractivity contribution in [3.05, 3.63) is 364 Å². The highest BCUT2D eigenvalue weighted by molar-refractivity contribution is 5.96. The van der Waals surface area contributed by atoms with E-state index in [-0.39, 0.29) is 12.0 Å². The van der Waals surface area contributed by atoms with Crippen LogP contribution in [-0.2, 0) is 23.9 Å². The molecule has 0 fully saturated rings. The van der Waals surface area contributed by atoms with Gasteiger partial charge in [0.1, 0.15) is 23.0 Å². The number of aliphatic hydroxyl groups excluding tert-OH is 1. The maximum atomic E-state index is 11.7. The Bertz CT molecular complexity index is 4490. The number of fused-ring (bicyclic) bond motifs is 4.